The first kappa shape index (κ1) is 11.2. The molecule has 1 aromatic rings. The van der Waals surface area contributed by atoms with E-state index in [2.05, 4.69) is 9.72 Å². The number of nitrogens with zero attached hydrogens (tertiary/aromatic N) is 1. The van der Waals surface area contributed by atoms with E-state index >= 15 is 0 Å². The van der Waals surface area contributed by atoms with Crippen LogP contribution in [-0.2, 0) is 6.42 Å². The van der Waals surface area contributed by atoms with Crippen LogP contribution in [0.3, 0.4) is 0 Å². The summed E-state index contributed by atoms with van der Waals surface area (Å²) in [5.74, 6) is -0.195. The van der Waals surface area contributed by atoms with Gasteiger partial charge in [-0.05, 0) is 0 Å². The van der Waals surface area contributed by atoms with E-state index in [1.54, 1.807) is 6.07 Å². The third-order valence-electron chi connectivity index (χ3n) is 1.82. The zero-order valence-electron chi connectivity index (χ0n) is 7.88. The standard InChI is InChI=1S/C9H8F2N2O2/c1-15-6-4-7(14)13-5(2-3-12)8(6)9(10)11/h4,9H,2H2,1H3,(H,13,14). The lowest BCUT2D eigenvalue weighted by atomic mass is 10.1. The van der Waals surface area contributed by atoms with Crippen LogP contribution in [0.1, 0.15) is 17.7 Å². The van der Waals surface area contributed by atoms with Gasteiger partial charge in [0.2, 0.25) is 0 Å². The summed E-state index contributed by atoms with van der Waals surface area (Å²) in [5.41, 5.74) is -1.10. The lowest BCUT2D eigenvalue weighted by Crippen LogP contribution is -2.12. The molecule has 0 unspecified atom stereocenters. The Morgan fingerprint density at radius 1 is 1.67 bits per heavy atom. The van der Waals surface area contributed by atoms with Crippen LogP contribution in [0.25, 0.3) is 0 Å². The van der Waals surface area contributed by atoms with Crippen molar-refractivity contribution in [3.8, 4) is 11.8 Å². The van der Waals surface area contributed by atoms with Gasteiger partial charge in [0.15, 0.2) is 0 Å². The highest BCUT2D eigenvalue weighted by atomic mass is 19.3. The quantitative estimate of drug-likeness (QED) is 0.826. The molecule has 0 aliphatic rings. The summed E-state index contributed by atoms with van der Waals surface area (Å²) >= 11 is 0. The first-order valence-electron chi connectivity index (χ1n) is 4.05. The lowest BCUT2D eigenvalue weighted by molar-refractivity contribution is 0.145. The van der Waals surface area contributed by atoms with Crippen LogP contribution >= 0.6 is 0 Å². The Morgan fingerprint density at radius 3 is 2.80 bits per heavy atom. The smallest absolute Gasteiger partial charge is 0.269 e. The van der Waals surface area contributed by atoms with Crippen molar-refractivity contribution in [3.63, 3.8) is 0 Å². The van der Waals surface area contributed by atoms with Crippen molar-refractivity contribution in [3.05, 3.63) is 27.7 Å². The fourth-order valence-electron chi connectivity index (χ4n) is 1.22. The van der Waals surface area contributed by atoms with Gasteiger partial charge < -0.3 is 9.72 Å². The van der Waals surface area contributed by atoms with Crippen molar-refractivity contribution < 1.29 is 13.5 Å². The number of nitriles is 1. The van der Waals surface area contributed by atoms with Crippen LogP contribution in [-0.4, -0.2) is 12.1 Å². The molecule has 6 heteroatoms. The number of halogens is 2. The monoisotopic (exact) mass is 214 g/mol. The highest BCUT2D eigenvalue weighted by Crippen LogP contribution is 2.29. The van der Waals surface area contributed by atoms with E-state index in [4.69, 9.17) is 5.26 Å². The Morgan fingerprint density at radius 2 is 2.33 bits per heavy atom. The Bertz CT molecular complexity index is 448. The zero-order chi connectivity index (χ0) is 11.4. The fraction of sp³-hybridized carbons (Fsp3) is 0.333. The van der Waals surface area contributed by atoms with Crippen molar-refractivity contribution in [2.45, 2.75) is 12.8 Å². The van der Waals surface area contributed by atoms with E-state index in [0.29, 0.717) is 0 Å². The highest BCUT2D eigenvalue weighted by Gasteiger charge is 2.19. The van der Waals surface area contributed by atoms with Gasteiger partial charge in [-0.15, -0.1) is 0 Å². The summed E-state index contributed by atoms with van der Waals surface area (Å²) in [7, 11) is 1.19. The summed E-state index contributed by atoms with van der Waals surface area (Å²) in [6.07, 6.45) is -3.08. The Balaban J connectivity index is 3.41. The predicted octanol–water partition coefficient (Wildman–Crippen LogP) is 1.39. The Hall–Kier alpha value is -1.90. The Kier molecular flexibility index (Phi) is 3.39. The second-order valence-corrected chi connectivity index (χ2v) is 2.73. The van der Waals surface area contributed by atoms with Crippen LogP contribution < -0.4 is 10.3 Å². The van der Waals surface area contributed by atoms with Crippen LogP contribution in [0.4, 0.5) is 8.78 Å². The molecule has 0 saturated carbocycles. The third-order valence-corrected chi connectivity index (χ3v) is 1.82. The summed E-state index contributed by atoms with van der Waals surface area (Å²) in [5, 5.41) is 8.42. The van der Waals surface area contributed by atoms with Gasteiger partial charge in [0.05, 0.1) is 25.2 Å². The summed E-state index contributed by atoms with van der Waals surface area (Å²) < 4.78 is 29.9. The Labute approximate surface area is 84.1 Å². The molecule has 0 amide bonds. The molecule has 1 N–H and O–H groups in total. The van der Waals surface area contributed by atoms with E-state index in [9.17, 15) is 13.6 Å². The summed E-state index contributed by atoms with van der Waals surface area (Å²) in [4.78, 5) is 13.2. The molecule has 80 valence electrons. The average Bonchev–Trinajstić information content (AvgIpc) is 2.16. The lowest BCUT2D eigenvalue weighted by Gasteiger charge is -2.10. The average molecular weight is 214 g/mol. The highest BCUT2D eigenvalue weighted by molar-refractivity contribution is 5.38. The molecule has 1 rings (SSSR count). The number of aromatic nitrogens is 1. The molecule has 0 saturated heterocycles. The number of methoxy groups -OCH3 is 1. The number of pyridine rings is 1. The molecular formula is C9H8F2N2O2. The minimum Gasteiger partial charge on any atom is -0.496 e. The van der Waals surface area contributed by atoms with E-state index in [1.807, 2.05) is 0 Å². The number of aromatic amines is 1. The maximum atomic E-state index is 12.6. The van der Waals surface area contributed by atoms with E-state index in [-0.39, 0.29) is 17.9 Å². The molecule has 1 heterocycles. The normalized spacial score (nSPS) is 10.1. The van der Waals surface area contributed by atoms with Crippen molar-refractivity contribution >= 4 is 0 Å². The molecule has 0 atom stereocenters. The van der Waals surface area contributed by atoms with Gasteiger partial charge in [0.1, 0.15) is 5.75 Å². The number of H-pyrrole nitrogens is 1. The molecule has 0 aliphatic heterocycles. The van der Waals surface area contributed by atoms with Gasteiger partial charge in [-0.1, -0.05) is 0 Å². The molecule has 4 nitrogen and oxygen atoms in total. The van der Waals surface area contributed by atoms with Crippen LogP contribution in [0.5, 0.6) is 5.75 Å². The van der Waals surface area contributed by atoms with Crippen LogP contribution in [0.15, 0.2) is 10.9 Å². The second-order valence-electron chi connectivity index (χ2n) is 2.73. The van der Waals surface area contributed by atoms with E-state index in [0.717, 1.165) is 6.07 Å². The molecule has 0 spiro atoms. The van der Waals surface area contributed by atoms with Crippen molar-refractivity contribution in [2.75, 3.05) is 7.11 Å². The summed E-state index contributed by atoms with van der Waals surface area (Å²) in [6.45, 7) is 0. The molecular weight excluding hydrogens is 206 g/mol. The molecule has 15 heavy (non-hydrogen) atoms. The van der Waals surface area contributed by atoms with E-state index < -0.39 is 17.5 Å². The first-order chi connectivity index (χ1) is 7.10. The van der Waals surface area contributed by atoms with Crippen molar-refractivity contribution in [1.29, 1.82) is 5.26 Å². The van der Waals surface area contributed by atoms with Crippen LogP contribution in [0.2, 0.25) is 0 Å². The number of nitrogens with one attached hydrogen (secondary N) is 1. The minimum atomic E-state index is -2.79. The molecule has 0 bridgehead atoms. The third kappa shape index (κ3) is 2.31. The molecule has 1 aromatic heterocycles. The number of ether oxygens (including phenoxy) is 1. The summed E-state index contributed by atoms with van der Waals surface area (Å²) in [6, 6.07) is 2.63. The zero-order valence-corrected chi connectivity index (χ0v) is 7.88. The number of hydrogen-bond acceptors (Lipinski definition) is 3. The SMILES string of the molecule is COc1cc(=O)[nH]c(CC#N)c1C(F)F. The van der Waals surface area contributed by atoms with Gasteiger partial charge in [-0.25, -0.2) is 8.78 Å². The fourth-order valence-corrected chi connectivity index (χ4v) is 1.22. The molecule has 0 aromatic carbocycles. The van der Waals surface area contributed by atoms with Gasteiger partial charge in [0.25, 0.3) is 12.0 Å². The topological polar surface area (TPSA) is 65.9 Å². The maximum Gasteiger partial charge on any atom is 0.269 e. The number of alkyl halides is 2. The predicted molar refractivity (Wildman–Crippen MR) is 47.9 cm³/mol. The largest absolute Gasteiger partial charge is 0.496 e. The van der Waals surface area contributed by atoms with E-state index in [1.165, 1.54) is 7.11 Å². The second kappa shape index (κ2) is 4.55. The molecule has 0 radical (unpaired) electrons. The van der Waals surface area contributed by atoms with Gasteiger partial charge >= 0.3 is 0 Å². The first-order valence-corrected chi connectivity index (χ1v) is 4.05. The van der Waals surface area contributed by atoms with Crippen LogP contribution in [0, 0.1) is 11.3 Å². The van der Waals surface area contributed by atoms with Crippen molar-refractivity contribution in [1.82, 2.24) is 4.98 Å². The molecule has 0 fully saturated rings. The molecule has 0 aliphatic carbocycles. The van der Waals surface area contributed by atoms with Gasteiger partial charge in [0, 0.05) is 11.8 Å². The van der Waals surface area contributed by atoms with Gasteiger partial charge in [-0.2, -0.15) is 5.26 Å². The minimum absolute atomic E-state index is 0.100. The maximum absolute atomic E-state index is 12.6. The van der Waals surface area contributed by atoms with Gasteiger partial charge in [-0.3, -0.25) is 4.79 Å². The van der Waals surface area contributed by atoms with Crippen molar-refractivity contribution in [2.24, 2.45) is 0 Å². The number of hydrogen-bond donors (Lipinski definition) is 1. The number of rotatable bonds is 3.